The summed E-state index contributed by atoms with van der Waals surface area (Å²) in [6, 6.07) is 11.1. The van der Waals surface area contributed by atoms with Crippen LogP contribution in [-0.2, 0) is 23.0 Å². The Morgan fingerprint density at radius 1 is 1.08 bits per heavy atom. The van der Waals surface area contributed by atoms with E-state index in [1.54, 1.807) is 28.7 Å². The molecule has 6 nitrogen and oxygen atoms in total. The van der Waals surface area contributed by atoms with Gasteiger partial charge in [0.05, 0.1) is 17.2 Å². The first kappa shape index (κ1) is 16.5. The van der Waals surface area contributed by atoms with Crippen molar-refractivity contribution in [2.45, 2.75) is 17.9 Å². The number of sulfonamides is 1. The highest BCUT2D eigenvalue weighted by Gasteiger charge is 2.29. The van der Waals surface area contributed by atoms with Gasteiger partial charge < -0.3 is 4.74 Å². The molecular formula is C18H21N3O3S. The summed E-state index contributed by atoms with van der Waals surface area (Å²) in [5, 5.41) is 0. The van der Waals surface area contributed by atoms with E-state index in [1.807, 2.05) is 18.2 Å². The molecule has 2 aromatic rings. The maximum atomic E-state index is 12.9. The van der Waals surface area contributed by atoms with Crippen molar-refractivity contribution >= 4 is 10.0 Å². The van der Waals surface area contributed by atoms with Crippen LogP contribution in [0.4, 0.5) is 0 Å². The number of pyridine rings is 1. The molecule has 2 aliphatic heterocycles. The lowest BCUT2D eigenvalue weighted by Crippen LogP contribution is -2.48. The fourth-order valence-electron chi connectivity index (χ4n) is 3.32. The normalized spacial score (nSPS) is 18.7. The average Bonchev–Trinajstić information content (AvgIpc) is 3.11. The molecule has 0 unspecified atom stereocenters. The van der Waals surface area contributed by atoms with Crippen molar-refractivity contribution in [2.24, 2.45) is 0 Å². The fraction of sp³-hybridized carbons (Fsp3) is 0.389. The Hall–Kier alpha value is -1.96. The van der Waals surface area contributed by atoms with E-state index in [0.29, 0.717) is 37.7 Å². The van der Waals surface area contributed by atoms with E-state index in [1.165, 1.54) is 0 Å². The third-order valence-corrected chi connectivity index (χ3v) is 6.64. The molecule has 4 rings (SSSR count). The zero-order chi connectivity index (χ0) is 17.3. The predicted octanol–water partition coefficient (Wildman–Crippen LogP) is 1.52. The highest BCUT2D eigenvalue weighted by Crippen LogP contribution is 2.29. The molecule has 0 spiro atoms. The minimum Gasteiger partial charge on any atom is -0.493 e. The molecule has 1 fully saturated rings. The summed E-state index contributed by atoms with van der Waals surface area (Å²) >= 11 is 0. The summed E-state index contributed by atoms with van der Waals surface area (Å²) in [5.41, 5.74) is 1.99. The number of rotatable bonds is 4. The van der Waals surface area contributed by atoms with Crippen molar-refractivity contribution in [3.8, 4) is 5.75 Å². The van der Waals surface area contributed by atoms with Gasteiger partial charge in [-0.25, -0.2) is 8.42 Å². The Labute approximate surface area is 148 Å². The maximum absolute atomic E-state index is 12.9. The number of hydrogen-bond acceptors (Lipinski definition) is 5. The molecule has 7 heteroatoms. The third-order valence-electron chi connectivity index (χ3n) is 4.74. The van der Waals surface area contributed by atoms with E-state index in [4.69, 9.17) is 4.74 Å². The number of piperazine rings is 1. The first-order chi connectivity index (χ1) is 12.1. The van der Waals surface area contributed by atoms with Crippen LogP contribution in [0.1, 0.15) is 11.3 Å². The SMILES string of the molecule is O=S(=O)(c1ccc2c(c1)CCO2)N1CCN(Cc2ccccn2)CC1. The van der Waals surface area contributed by atoms with Crippen molar-refractivity contribution in [3.63, 3.8) is 0 Å². The second-order valence-corrected chi connectivity index (χ2v) is 8.31. The van der Waals surface area contributed by atoms with Gasteiger partial charge in [0.25, 0.3) is 0 Å². The van der Waals surface area contributed by atoms with Gasteiger partial charge in [0, 0.05) is 45.3 Å². The van der Waals surface area contributed by atoms with E-state index in [2.05, 4.69) is 9.88 Å². The Kier molecular flexibility index (Phi) is 4.45. The molecule has 132 valence electrons. The molecule has 3 heterocycles. The van der Waals surface area contributed by atoms with Crippen LogP contribution in [0.25, 0.3) is 0 Å². The van der Waals surface area contributed by atoms with Crippen molar-refractivity contribution in [1.29, 1.82) is 0 Å². The van der Waals surface area contributed by atoms with Gasteiger partial charge in [0.1, 0.15) is 5.75 Å². The number of fused-ring (bicyclic) bond motifs is 1. The van der Waals surface area contributed by atoms with Gasteiger partial charge in [-0.15, -0.1) is 0 Å². The van der Waals surface area contributed by atoms with Crippen LogP contribution >= 0.6 is 0 Å². The van der Waals surface area contributed by atoms with Crippen molar-refractivity contribution in [1.82, 2.24) is 14.2 Å². The maximum Gasteiger partial charge on any atom is 0.243 e. The summed E-state index contributed by atoms with van der Waals surface area (Å²) in [6.45, 7) is 3.81. The minimum atomic E-state index is -3.44. The van der Waals surface area contributed by atoms with Crippen LogP contribution in [0.3, 0.4) is 0 Å². The van der Waals surface area contributed by atoms with Crippen LogP contribution in [0.15, 0.2) is 47.5 Å². The van der Waals surface area contributed by atoms with Gasteiger partial charge in [0.15, 0.2) is 0 Å². The first-order valence-electron chi connectivity index (χ1n) is 8.51. The topological polar surface area (TPSA) is 62.7 Å². The Morgan fingerprint density at radius 2 is 1.92 bits per heavy atom. The van der Waals surface area contributed by atoms with E-state index >= 15 is 0 Å². The van der Waals surface area contributed by atoms with Crippen LogP contribution in [0.2, 0.25) is 0 Å². The third kappa shape index (κ3) is 3.40. The minimum absolute atomic E-state index is 0.370. The molecular weight excluding hydrogens is 338 g/mol. The van der Waals surface area contributed by atoms with E-state index in [9.17, 15) is 8.42 Å². The number of nitrogens with zero attached hydrogens (tertiary/aromatic N) is 3. The van der Waals surface area contributed by atoms with Crippen LogP contribution < -0.4 is 4.74 Å². The lowest BCUT2D eigenvalue weighted by atomic mass is 10.2. The molecule has 1 saturated heterocycles. The number of aromatic nitrogens is 1. The quantitative estimate of drug-likeness (QED) is 0.828. The molecule has 0 N–H and O–H groups in total. The van der Waals surface area contributed by atoms with Crippen molar-refractivity contribution < 1.29 is 13.2 Å². The zero-order valence-corrected chi connectivity index (χ0v) is 14.8. The van der Waals surface area contributed by atoms with Crippen LogP contribution in [0, 0.1) is 0 Å². The van der Waals surface area contributed by atoms with E-state index in [0.717, 1.165) is 30.0 Å². The van der Waals surface area contributed by atoms with Crippen LogP contribution in [0.5, 0.6) is 5.75 Å². The monoisotopic (exact) mass is 359 g/mol. The summed E-state index contributed by atoms with van der Waals surface area (Å²) in [4.78, 5) is 6.95. The standard InChI is InChI=1S/C18H21N3O3S/c22-25(23,17-4-5-18-15(13-17)6-12-24-18)21-10-8-20(9-11-21)14-16-3-1-2-7-19-16/h1-5,7,13H,6,8-12,14H2. The largest absolute Gasteiger partial charge is 0.493 e. The average molecular weight is 359 g/mol. The fourth-order valence-corrected chi connectivity index (χ4v) is 4.79. The van der Waals surface area contributed by atoms with Gasteiger partial charge in [0.2, 0.25) is 10.0 Å². The lowest BCUT2D eigenvalue weighted by Gasteiger charge is -2.33. The van der Waals surface area contributed by atoms with Gasteiger partial charge >= 0.3 is 0 Å². The number of benzene rings is 1. The van der Waals surface area contributed by atoms with Crippen molar-refractivity contribution in [3.05, 3.63) is 53.9 Å². The molecule has 0 radical (unpaired) electrons. The molecule has 1 aromatic carbocycles. The number of hydrogen-bond donors (Lipinski definition) is 0. The first-order valence-corrected chi connectivity index (χ1v) is 9.95. The van der Waals surface area contributed by atoms with Crippen LogP contribution in [-0.4, -0.2) is 55.4 Å². The lowest BCUT2D eigenvalue weighted by molar-refractivity contribution is 0.180. The molecule has 0 aliphatic carbocycles. The Balaban J connectivity index is 1.43. The smallest absolute Gasteiger partial charge is 0.243 e. The summed E-state index contributed by atoms with van der Waals surface area (Å²) in [5.74, 6) is 0.805. The van der Waals surface area contributed by atoms with Gasteiger partial charge in [-0.1, -0.05) is 6.07 Å². The van der Waals surface area contributed by atoms with Gasteiger partial charge in [-0.3, -0.25) is 9.88 Å². The molecule has 2 aliphatic rings. The van der Waals surface area contributed by atoms with Gasteiger partial charge in [-0.05, 0) is 35.9 Å². The number of ether oxygens (including phenoxy) is 1. The summed E-state index contributed by atoms with van der Waals surface area (Å²) in [7, 11) is -3.44. The predicted molar refractivity (Wildman–Crippen MR) is 93.9 cm³/mol. The molecule has 1 aromatic heterocycles. The van der Waals surface area contributed by atoms with E-state index < -0.39 is 10.0 Å². The second-order valence-electron chi connectivity index (χ2n) is 6.37. The zero-order valence-electron chi connectivity index (χ0n) is 14.0. The highest BCUT2D eigenvalue weighted by molar-refractivity contribution is 7.89. The molecule has 0 saturated carbocycles. The Bertz CT molecular complexity index is 847. The molecule has 0 bridgehead atoms. The molecule has 0 amide bonds. The van der Waals surface area contributed by atoms with E-state index in [-0.39, 0.29) is 0 Å². The summed E-state index contributed by atoms with van der Waals surface area (Å²) in [6.07, 6.45) is 2.56. The second kappa shape index (κ2) is 6.74. The highest BCUT2D eigenvalue weighted by atomic mass is 32.2. The Morgan fingerprint density at radius 3 is 2.68 bits per heavy atom. The van der Waals surface area contributed by atoms with Crippen molar-refractivity contribution in [2.75, 3.05) is 32.8 Å². The summed E-state index contributed by atoms with van der Waals surface area (Å²) < 4.78 is 32.9. The van der Waals surface area contributed by atoms with Gasteiger partial charge in [-0.2, -0.15) is 4.31 Å². The molecule has 25 heavy (non-hydrogen) atoms. The molecule has 0 atom stereocenters.